The summed E-state index contributed by atoms with van der Waals surface area (Å²) in [5.74, 6) is 0. The fraction of sp³-hybridized carbons (Fsp3) is 0. The van der Waals surface area contributed by atoms with Crippen molar-refractivity contribution in [2.24, 2.45) is 4.99 Å². The molecule has 0 fully saturated rings. The molecule has 0 amide bonds. The number of allylic oxidation sites excluding steroid dienone is 1. The molecule has 2 heteroatoms. The first-order chi connectivity index (χ1) is 22.7. The van der Waals surface area contributed by atoms with Crippen LogP contribution >= 0.6 is 0 Å². The number of benzene rings is 6. The lowest BCUT2D eigenvalue weighted by molar-refractivity contribution is 1.33. The Morgan fingerprint density at radius 2 is 1.04 bits per heavy atom. The molecule has 7 rings (SSSR count). The third-order valence-corrected chi connectivity index (χ3v) is 8.20. The highest BCUT2D eigenvalue weighted by Crippen LogP contribution is 2.31. The zero-order chi connectivity index (χ0) is 31.1. The van der Waals surface area contributed by atoms with Gasteiger partial charge >= 0.3 is 0 Å². The average Bonchev–Trinajstić information content (AvgIpc) is 3.14. The maximum Gasteiger partial charge on any atom is 0.0708 e. The molecule has 1 aromatic heterocycles. The molecule has 2 nitrogen and oxygen atoms in total. The van der Waals surface area contributed by atoms with Crippen molar-refractivity contribution in [3.63, 3.8) is 0 Å². The van der Waals surface area contributed by atoms with Gasteiger partial charge in [-0.05, 0) is 80.1 Å². The first kappa shape index (κ1) is 28.6. The first-order valence-electron chi connectivity index (χ1n) is 15.4. The van der Waals surface area contributed by atoms with Gasteiger partial charge in [0.25, 0.3) is 0 Å². The number of hydrogen-bond acceptors (Lipinski definition) is 2. The highest BCUT2D eigenvalue weighted by atomic mass is 14.7. The minimum atomic E-state index is 0.874. The first-order valence-corrected chi connectivity index (χ1v) is 15.4. The van der Waals surface area contributed by atoms with Crippen LogP contribution in [0.3, 0.4) is 0 Å². The zero-order valence-electron chi connectivity index (χ0n) is 25.4. The summed E-state index contributed by atoms with van der Waals surface area (Å²) in [4.78, 5) is 9.17. The van der Waals surface area contributed by atoms with Crippen LogP contribution in [-0.4, -0.2) is 10.7 Å². The minimum Gasteiger partial charge on any atom is -0.257 e. The van der Waals surface area contributed by atoms with E-state index in [4.69, 9.17) is 0 Å². The number of rotatable bonds is 8. The topological polar surface area (TPSA) is 25.2 Å². The van der Waals surface area contributed by atoms with Gasteiger partial charge in [-0.1, -0.05) is 146 Å². The lowest BCUT2D eigenvalue weighted by atomic mass is 9.96. The number of nitrogens with zero attached hydrogens (tertiary/aromatic N) is 2. The summed E-state index contributed by atoms with van der Waals surface area (Å²) in [5.41, 5.74) is 12.2. The summed E-state index contributed by atoms with van der Waals surface area (Å²) >= 11 is 0. The van der Waals surface area contributed by atoms with Gasteiger partial charge in [0.15, 0.2) is 0 Å². The molecule has 0 radical (unpaired) electrons. The van der Waals surface area contributed by atoms with Crippen LogP contribution in [0.5, 0.6) is 0 Å². The molecule has 1 heterocycles. The van der Waals surface area contributed by atoms with E-state index in [2.05, 4.69) is 156 Å². The lowest BCUT2D eigenvalue weighted by Gasteiger charge is -2.09. The van der Waals surface area contributed by atoms with Crippen LogP contribution in [0.15, 0.2) is 188 Å². The van der Waals surface area contributed by atoms with Gasteiger partial charge in [-0.15, -0.1) is 0 Å². The molecule has 0 saturated heterocycles. The summed E-state index contributed by atoms with van der Waals surface area (Å²) in [5, 5.41) is 2.43. The number of fused-ring (bicyclic) bond motifs is 1. The van der Waals surface area contributed by atoms with Crippen LogP contribution in [-0.2, 0) is 0 Å². The van der Waals surface area contributed by atoms with Gasteiger partial charge in [0.1, 0.15) is 0 Å². The fourth-order valence-corrected chi connectivity index (χ4v) is 5.72. The quantitative estimate of drug-likeness (QED) is 0.162. The van der Waals surface area contributed by atoms with Crippen LogP contribution < -0.4 is 0 Å². The van der Waals surface area contributed by atoms with Gasteiger partial charge in [0, 0.05) is 23.5 Å². The average molecular weight is 589 g/mol. The van der Waals surface area contributed by atoms with Gasteiger partial charge in [-0.2, -0.15) is 0 Å². The second-order valence-corrected chi connectivity index (χ2v) is 11.2. The third kappa shape index (κ3) is 6.38. The summed E-state index contributed by atoms with van der Waals surface area (Å²) in [6.07, 6.45) is 7.59. The fourth-order valence-electron chi connectivity index (χ4n) is 5.72. The van der Waals surface area contributed by atoms with E-state index in [1.54, 1.807) is 6.20 Å². The summed E-state index contributed by atoms with van der Waals surface area (Å²) in [7, 11) is 0. The van der Waals surface area contributed by atoms with Gasteiger partial charge < -0.3 is 0 Å². The Labute approximate surface area is 270 Å². The molecule has 218 valence electrons. The molecule has 0 spiro atoms. The van der Waals surface area contributed by atoms with Crippen LogP contribution in [0.25, 0.3) is 61.5 Å². The molecule has 0 unspecified atom stereocenters. The molecule has 0 aliphatic carbocycles. The van der Waals surface area contributed by atoms with Crippen molar-refractivity contribution < 1.29 is 0 Å². The van der Waals surface area contributed by atoms with E-state index in [0.717, 1.165) is 33.7 Å². The number of aromatic nitrogens is 1. The van der Waals surface area contributed by atoms with Crippen molar-refractivity contribution >= 4 is 22.6 Å². The molecule has 0 saturated carbocycles. The van der Waals surface area contributed by atoms with E-state index >= 15 is 0 Å². The standard InChI is InChI=1S/C44H32N2/c1-2-45-43(26-13-32-9-5-3-6-10-32)37-20-14-34(15-21-37)39-24-18-36-19-25-40(30-42(36)29-39)35-16-22-38(23-17-35)44-31-41(27-28-46-44)33-11-7-4-8-12-33/h2-31H,1H2/b26-13+,45-43?. The summed E-state index contributed by atoms with van der Waals surface area (Å²) in [6.45, 7) is 3.81. The third-order valence-electron chi connectivity index (χ3n) is 8.20. The van der Waals surface area contributed by atoms with Crippen LogP contribution in [0.2, 0.25) is 0 Å². The van der Waals surface area contributed by atoms with Crippen molar-refractivity contribution in [1.29, 1.82) is 0 Å². The Bertz CT molecular complexity index is 2170. The number of pyridine rings is 1. The van der Waals surface area contributed by atoms with E-state index < -0.39 is 0 Å². The number of hydrogen-bond donors (Lipinski definition) is 0. The minimum absolute atomic E-state index is 0.874. The molecule has 0 atom stereocenters. The SMILES string of the molecule is C=CN=C(/C=C/c1ccccc1)c1ccc(-c2ccc3ccc(-c4ccc(-c5cc(-c6ccccc6)ccn5)cc4)cc3c2)cc1. The normalized spacial score (nSPS) is 11.6. The molecular weight excluding hydrogens is 556 g/mol. The van der Waals surface area contributed by atoms with Crippen LogP contribution in [0.4, 0.5) is 0 Å². The van der Waals surface area contributed by atoms with E-state index in [0.29, 0.717) is 0 Å². The predicted molar refractivity (Wildman–Crippen MR) is 196 cm³/mol. The van der Waals surface area contributed by atoms with Crippen LogP contribution in [0, 0.1) is 0 Å². The largest absolute Gasteiger partial charge is 0.257 e. The van der Waals surface area contributed by atoms with Crippen molar-refractivity contribution in [3.05, 3.63) is 194 Å². The van der Waals surface area contributed by atoms with Gasteiger partial charge in [-0.3, -0.25) is 9.98 Å². The van der Waals surface area contributed by atoms with Gasteiger partial charge in [0.05, 0.1) is 11.4 Å². The molecule has 0 bridgehead atoms. The predicted octanol–water partition coefficient (Wildman–Crippen LogP) is 11.5. The second-order valence-electron chi connectivity index (χ2n) is 11.2. The van der Waals surface area contributed by atoms with E-state index in [-0.39, 0.29) is 0 Å². The number of aliphatic imine (C=N–C) groups is 1. The Kier molecular flexibility index (Phi) is 8.25. The highest BCUT2D eigenvalue weighted by molar-refractivity contribution is 6.11. The molecular formula is C44H32N2. The van der Waals surface area contributed by atoms with Gasteiger partial charge in [0.2, 0.25) is 0 Å². The monoisotopic (exact) mass is 588 g/mol. The van der Waals surface area contributed by atoms with Crippen molar-refractivity contribution in [2.75, 3.05) is 0 Å². The summed E-state index contributed by atoms with van der Waals surface area (Å²) in [6, 6.07) is 55.5. The van der Waals surface area contributed by atoms with E-state index in [9.17, 15) is 0 Å². The zero-order valence-corrected chi connectivity index (χ0v) is 25.4. The van der Waals surface area contributed by atoms with Crippen molar-refractivity contribution in [2.45, 2.75) is 0 Å². The van der Waals surface area contributed by atoms with Crippen LogP contribution in [0.1, 0.15) is 11.1 Å². The highest BCUT2D eigenvalue weighted by Gasteiger charge is 2.07. The molecule has 6 aromatic carbocycles. The maximum atomic E-state index is 4.65. The van der Waals surface area contributed by atoms with E-state index in [1.165, 1.54) is 38.6 Å². The Morgan fingerprint density at radius 1 is 0.500 bits per heavy atom. The Balaban J connectivity index is 1.12. The lowest BCUT2D eigenvalue weighted by Crippen LogP contribution is -1.96. The molecule has 0 aliphatic heterocycles. The van der Waals surface area contributed by atoms with Gasteiger partial charge in [-0.25, -0.2) is 0 Å². The smallest absolute Gasteiger partial charge is 0.0708 e. The van der Waals surface area contributed by atoms with E-state index in [1.807, 2.05) is 36.5 Å². The Morgan fingerprint density at radius 3 is 1.70 bits per heavy atom. The summed E-state index contributed by atoms with van der Waals surface area (Å²) < 4.78 is 0. The Hall–Kier alpha value is -6.12. The molecule has 0 aliphatic rings. The van der Waals surface area contributed by atoms with Crippen molar-refractivity contribution in [3.8, 4) is 44.6 Å². The second kappa shape index (κ2) is 13.3. The molecule has 7 aromatic rings. The van der Waals surface area contributed by atoms with Crippen molar-refractivity contribution in [1.82, 2.24) is 4.98 Å². The molecule has 46 heavy (non-hydrogen) atoms. The maximum absolute atomic E-state index is 4.65. The molecule has 0 N–H and O–H groups in total.